The molecule has 0 spiro atoms. The number of rotatable bonds is 29. The Kier molecular flexibility index (Phi) is 25.1. The number of amides is 9. The number of nitrogens with two attached hydrogens (primary N) is 4. The van der Waals surface area contributed by atoms with Gasteiger partial charge in [0.15, 0.2) is 12.0 Å². The molecule has 0 aromatic rings. The molecule has 0 bridgehead atoms. The molecule has 374 valence electrons. The lowest BCUT2D eigenvalue weighted by Gasteiger charge is -2.31. The van der Waals surface area contributed by atoms with E-state index in [4.69, 9.17) is 22.9 Å². The van der Waals surface area contributed by atoms with Gasteiger partial charge in [-0.3, -0.25) is 48.1 Å². The van der Waals surface area contributed by atoms with Crippen molar-refractivity contribution >= 4 is 65.1 Å². The smallest absolute Gasteiger partial charge is 0.328 e. The quantitative estimate of drug-likeness (QED) is 0.0188. The number of aliphatic imine (C=N–C) groups is 1. The van der Waals surface area contributed by atoms with E-state index in [0.29, 0.717) is 6.42 Å². The molecule has 66 heavy (non-hydrogen) atoms. The first kappa shape index (κ1) is 57.8. The summed E-state index contributed by atoms with van der Waals surface area (Å²) in [5.74, 6) is -10.7. The average molecular weight is 946 g/mol. The zero-order valence-corrected chi connectivity index (χ0v) is 37.4. The number of hydrogen-bond acceptors (Lipinski definition) is 16. The molecule has 1 heterocycles. The van der Waals surface area contributed by atoms with E-state index in [-0.39, 0.29) is 63.5 Å². The van der Waals surface area contributed by atoms with Crippen LogP contribution in [0.3, 0.4) is 0 Å². The Balaban J connectivity index is 3.30. The van der Waals surface area contributed by atoms with E-state index in [2.05, 4.69) is 42.2 Å². The van der Waals surface area contributed by atoms with Crippen LogP contribution in [0.15, 0.2) is 4.99 Å². The number of carbonyl (C=O) groups is 10. The van der Waals surface area contributed by atoms with Crippen molar-refractivity contribution in [3.8, 4) is 0 Å². The summed E-state index contributed by atoms with van der Waals surface area (Å²) in [7, 11) is 0. The number of aliphatic carboxylic acids is 1. The fourth-order valence-corrected chi connectivity index (χ4v) is 6.54. The Labute approximate surface area is 380 Å². The van der Waals surface area contributed by atoms with E-state index in [1.54, 1.807) is 13.8 Å². The molecule has 0 aromatic heterocycles. The van der Waals surface area contributed by atoms with Crippen LogP contribution in [-0.2, 0) is 47.9 Å². The minimum absolute atomic E-state index is 0.0106. The number of aliphatic hydroxyl groups excluding tert-OH is 4. The molecule has 0 radical (unpaired) electrons. The van der Waals surface area contributed by atoms with Crippen LogP contribution in [0.4, 0.5) is 0 Å². The molecule has 20 N–H and O–H groups in total. The summed E-state index contributed by atoms with van der Waals surface area (Å²) in [6.45, 7) is 3.04. The van der Waals surface area contributed by atoms with Crippen LogP contribution in [0, 0.1) is 5.92 Å². The zero-order chi connectivity index (χ0) is 50.4. The molecule has 1 rings (SSSR count). The molecule has 1 aliphatic rings. The molecule has 28 nitrogen and oxygen atoms in total. The van der Waals surface area contributed by atoms with Gasteiger partial charge >= 0.3 is 5.97 Å². The highest BCUT2D eigenvalue weighted by atomic mass is 16.4. The SMILES string of the molecule is CC(C)C[C@H](NC(=O)[C@@H]1CCCN1C(=O)[C@H](CCCN=C(N)N)NC(=O)[C@H](CO)NC(=O)[C@@H](NC(=O)[C@H](CO)NC(=O)[C@H](CCC(N)=O)NC(=O)CN)[C@@H](C)O)C(=O)N[C@H](C(=O)O)[C@@H](C)O. The Bertz CT molecular complexity index is 1740. The second-order valence-corrected chi connectivity index (χ2v) is 16.0. The van der Waals surface area contributed by atoms with Crippen LogP contribution in [0.2, 0.25) is 0 Å². The van der Waals surface area contributed by atoms with Gasteiger partial charge in [-0.1, -0.05) is 13.8 Å². The number of likely N-dealkylation sites (tertiary alicyclic amines) is 1. The Hall–Kier alpha value is -6.23. The van der Waals surface area contributed by atoms with Crippen molar-refractivity contribution < 1.29 is 73.5 Å². The first-order valence-corrected chi connectivity index (χ1v) is 21.1. The maximum Gasteiger partial charge on any atom is 0.328 e. The van der Waals surface area contributed by atoms with Gasteiger partial charge in [-0.15, -0.1) is 0 Å². The number of carboxylic acid groups (broad SMARTS) is 1. The topological polar surface area (TPSA) is 476 Å². The van der Waals surface area contributed by atoms with Crippen LogP contribution in [0.25, 0.3) is 0 Å². The van der Waals surface area contributed by atoms with E-state index in [1.807, 2.05) is 0 Å². The van der Waals surface area contributed by atoms with Crippen LogP contribution < -0.4 is 60.2 Å². The molecule has 0 saturated carbocycles. The number of nitrogens with zero attached hydrogens (tertiary/aromatic N) is 2. The third-order valence-corrected chi connectivity index (χ3v) is 9.99. The maximum absolute atomic E-state index is 14.2. The zero-order valence-electron chi connectivity index (χ0n) is 37.4. The first-order chi connectivity index (χ1) is 30.9. The summed E-state index contributed by atoms with van der Waals surface area (Å²) in [6, 6.07) is -12.5. The predicted molar refractivity (Wildman–Crippen MR) is 230 cm³/mol. The van der Waals surface area contributed by atoms with Crippen molar-refractivity contribution in [2.75, 3.05) is 32.8 Å². The standard InChI is InChI=1S/C38H67N13O15/c1-17(2)13-22(31(59)50-29(19(4)55)37(65)66)46-34(62)25-8-6-12-51(25)36(64)21(7-5-11-43-38(41)42)45-32(60)23(15-52)48-35(63)28(18(3)54)49-33(61)24(16-53)47-30(58)20(9-10-26(40)56)44-27(57)14-39/h17-25,28-29,52-55H,5-16,39H2,1-4H3,(H2,40,56)(H,44,57)(H,45,60)(H,46,62)(H,47,58)(H,48,63)(H,49,61)(H,50,59)(H,65,66)(H4,41,42,43)/t18-,19-,20+,21+,22+,23+,24+,25+,28+,29+/m1/s1. The summed E-state index contributed by atoms with van der Waals surface area (Å²) in [4.78, 5) is 134. The average Bonchev–Trinajstić information content (AvgIpc) is 3.74. The molecule has 10 atom stereocenters. The first-order valence-electron chi connectivity index (χ1n) is 21.1. The van der Waals surface area contributed by atoms with Crippen molar-refractivity contribution in [3.05, 3.63) is 0 Å². The third-order valence-electron chi connectivity index (χ3n) is 9.99. The summed E-state index contributed by atoms with van der Waals surface area (Å²) < 4.78 is 0. The fraction of sp³-hybridized carbons (Fsp3) is 0.711. The molecule has 9 amide bonds. The molecule has 1 fully saturated rings. The normalized spacial score (nSPS) is 17.5. The van der Waals surface area contributed by atoms with Crippen molar-refractivity contribution in [2.24, 2.45) is 33.8 Å². The lowest BCUT2D eigenvalue weighted by Crippen LogP contribution is -2.62. The number of aliphatic hydroxyl groups is 4. The number of guanidine groups is 1. The van der Waals surface area contributed by atoms with Crippen LogP contribution in [0.5, 0.6) is 0 Å². The number of carbonyl (C=O) groups excluding carboxylic acids is 9. The van der Waals surface area contributed by atoms with Gasteiger partial charge in [0, 0.05) is 19.5 Å². The Morgan fingerprint density at radius 3 is 1.68 bits per heavy atom. The van der Waals surface area contributed by atoms with Crippen LogP contribution in [-0.4, -0.2) is 189 Å². The highest BCUT2D eigenvalue weighted by Gasteiger charge is 2.41. The number of carboxylic acids is 1. The predicted octanol–water partition coefficient (Wildman–Crippen LogP) is -8.47. The van der Waals surface area contributed by atoms with Crippen LogP contribution >= 0.6 is 0 Å². The van der Waals surface area contributed by atoms with Gasteiger partial charge in [-0.2, -0.15) is 0 Å². The highest BCUT2D eigenvalue weighted by Crippen LogP contribution is 2.21. The van der Waals surface area contributed by atoms with Gasteiger partial charge in [-0.05, 0) is 58.3 Å². The number of primary amides is 1. The number of nitrogens with one attached hydrogen (secondary N) is 7. The molecular weight excluding hydrogens is 878 g/mol. The molecule has 0 aliphatic carbocycles. The summed E-state index contributed by atoms with van der Waals surface area (Å²) in [6.07, 6.45) is -3.43. The van der Waals surface area contributed by atoms with E-state index in [1.165, 1.54) is 0 Å². The van der Waals surface area contributed by atoms with Gasteiger partial charge < -0.3 is 90.6 Å². The second-order valence-electron chi connectivity index (χ2n) is 16.0. The van der Waals surface area contributed by atoms with Gasteiger partial charge in [0.2, 0.25) is 53.2 Å². The lowest BCUT2D eigenvalue weighted by atomic mass is 10.0. The van der Waals surface area contributed by atoms with Crippen LogP contribution in [0.1, 0.15) is 72.6 Å². The molecular formula is C38H67N13O15. The van der Waals surface area contributed by atoms with E-state index in [9.17, 15) is 73.5 Å². The molecule has 0 unspecified atom stereocenters. The maximum atomic E-state index is 14.2. The highest BCUT2D eigenvalue weighted by molar-refractivity contribution is 5.98. The number of hydrogen-bond donors (Lipinski definition) is 16. The molecule has 1 saturated heterocycles. The largest absolute Gasteiger partial charge is 0.480 e. The Morgan fingerprint density at radius 1 is 0.667 bits per heavy atom. The van der Waals surface area contributed by atoms with Gasteiger partial charge in [0.25, 0.3) is 0 Å². The molecule has 28 heteroatoms. The Morgan fingerprint density at radius 2 is 1.18 bits per heavy atom. The van der Waals surface area contributed by atoms with E-state index >= 15 is 0 Å². The lowest BCUT2D eigenvalue weighted by molar-refractivity contribution is -0.146. The van der Waals surface area contributed by atoms with Crippen molar-refractivity contribution in [1.29, 1.82) is 0 Å². The second kappa shape index (κ2) is 28.6. The van der Waals surface area contributed by atoms with E-state index in [0.717, 1.165) is 18.7 Å². The van der Waals surface area contributed by atoms with Gasteiger partial charge in [0.05, 0.1) is 32.0 Å². The fourth-order valence-electron chi connectivity index (χ4n) is 6.54. The van der Waals surface area contributed by atoms with Gasteiger partial charge in [0.1, 0.15) is 42.3 Å². The summed E-state index contributed by atoms with van der Waals surface area (Å²) in [5, 5.41) is 65.8. The van der Waals surface area contributed by atoms with E-state index < -0.39 is 139 Å². The minimum atomic E-state index is -1.89. The summed E-state index contributed by atoms with van der Waals surface area (Å²) in [5.41, 5.74) is 21.3. The van der Waals surface area contributed by atoms with Crippen molar-refractivity contribution in [1.82, 2.24) is 42.1 Å². The van der Waals surface area contributed by atoms with Crippen molar-refractivity contribution in [3.63, 3.8) is 0 Å². The van der Waals surface area contributed by atoms with Crippen molar-refractivity contribution in [2.45, 2.75) is 133 Å². The molecule has 0 aromatic carbocycles. The monoisotopic (exact) mass is 945 g/mol. The van der Waals surface area contributed by atoms with Gasteiger partial charge in [-0.25, -0.2) is 4.79 Å². The molecule has 1 aliphatic heterocycles. The minimum Gasteiger partial charge on any atom is -0.480 e. The summed E-state index contributed by atoms with van der Waals surface area (Å²) >= 11 is 0. The third kappa shape index (κ3) is 19.5.